The van der Waals surface area contributed by atoms with E-state index in [1.54, 1.807) is 0 Å². The minimum atomic E-state index is -0.289. The minimum absolute atomic E-state index is 0.127. The Morgan fingerprint density at radius 3 is 2.30 bits per heavy atom. The summed E-state index contributed by atoms with van der Waals surface area (Å²) in [7, 11) is 0. The molecule has 0 atom stereocenters. The van der Waals surface area contributed by atoms with Crippen molar-refractivity contribution < 1.29 is 4.79 Å². The first-order chi connectivity index (χ1) is 10.6. The number of nitrogens with one attached hydrogen (secondary N) is 1. The number of hydrogen-bond acceptors (Lipinski definition) is 3. The normalized spacial score (nSPS) is 17.2. The summed E-state index contributed by atoms with van der Waals surface area (Å²) in [4.78, 5) is 18.8. The van der Waals surface area contributed by atoms with Crippen LogP contribution in [0, 0.1) is 5.41 Å². The highest BCUT2D eigenvalue weighted by Gasteiger charge is 2.30. The Morgan fingerprint density at radius 1 is 1.17 bits per heavy atom. The smallest absolute Gasteiger partial charge is 0.227 e. The van der Waals surface area contributed by atoms with Crippen LogP contribution in [-0.4, -0.2) is 34.9 Å². The molecule has 1 fully saturated rings. The first-order valence-electron chi connectivity index (χ1n) is 8.60. The fourth-order valence-corrected chi connectivity index (χ4v) is 2.89. The van der Waals surface area contributed by atoms with Crippen LogP contribution in [0.25, 0.3) is 0 Å². The van der Waals surface area contributed by atoms with E-state index in [4.69, 9.17) is 0 Å². The summed E-state index contributed by atoms with van der Waals surface area (Å²) in [6.07, 6.45) is 3.83. The van der Waals surface area contributed by atoms with Gasteiger partial charge in [0.15, 0.2) is 0 Å². The van der Waals surface area contributed by atoms with Crippen LogP contribution in [0.5, 0.6) is 0 Å². The molecule has 0 saturated carbocycles. The van der Waals surface area contributed by atoms with E-state index in [0.29, 0.717) is 6.04 Å². The van der Waals surface area contributed by atoms with Gasteiger partial charge in [-0.3, -0.25) is 4.79 Å². The van der Waals surface area contributed by atoms with Crippen molar-refractivity contribution in [1.82, 2.24) is 9.88 Å². The van der Waals surface area contributed by atoms with Gasteiger partial charge < -0.3 is 10.2 Å². The lowest BCUT2D eigenvalue weighted by Gasteiger charge is -2.36. The Labute approximate surface area is 140 Å². The molecule has 128 valence electrons. The number of nitrogens with zero attached hydrogens (tertiary/aromatic N) is 2. The number of amides is 1. The molecule has 1 aliphatic heterocycles. The fourth-order valence-electron chi connectivity index (χ4n) is 2.89. The van der Waals surface area contributed by atoms with E-state index < -0.39 is 0 Å². The van der Waals surface area contributed by atoms with E-state index in [0.717, 1.165) is 31.7 Å². The van der Waals surface area contributed by atoms with Crippen LogP contribution >= 0.6 is 0 Å². The third kappa shape index (κ3) is 4.69. The molecule has 0 bridgehead atoms. The zero-order chi connectivity index (χ0) is 17.3. The molecule has 1 aromatic heterocycles. The molecule has 1 amide bonds. The molecule has 0 unspecified atom stereocenters. The first-order valence-corrected chi connectivity index (χ1v) is 8.60. The van der Waals surface area contributed by atoms with Crippen LogP contribution in [0.3, 0.4) is 0 Å². The summed E-state index contributed by atoms with van der Waals surface area (Å²) in [6.45, 7) is 14.2. The van der Waals surface area contributed by atoms with Crippen molar-refractivity contribution in [2.24, 2.45) is 5.41 Å². The maximum absolute atomic E-state index is 12.3. The van der Waals surface area contributed by atoms with Crippen molar-refractivity contribution in [3.63, 3.8) is 0 Å². The number of aromatic nitrogens is 1. The van der Waals surface area contributed by atoms with Gasteiger partial charge in [-0.25, -0.2) is 4.98 Å². The molecule has 0 spiro atoms. The molecule has 4 nitrogen and oxygen atoms in total. The molecule has 4 heteroatoms. The Hall–Kier alpha value is -1.58. The Kier molecular flexibility index (Phi) is 5.02. The summed E-state index contributed by atoms with van der Waals surface area (Å²) in [5.41, 5.74) is 1.13. The SMILES string of the molecule is CC(C)(C)C(=O)N1CCC(Nc2cc(C(C)(C)C)ccn2)CC1. The monoisotopic (exact) mass is 317 g/mol. The summed E-state index contributed by atoms with van der Waals surface area (Å²) in [5.74, 6) is 1.20. The molecular formula is C19H31N3O. The number of hydrogen-bond donors (Lipinski definition) is 1. The van der Waals surface area contributed by atoms with Crippen molar-refractivity contribution in [1.29, 1.82) is 0 Å². The number of rotatable bonds is 2. The summed E-state index contributed by atoms with van der Waals surface area (Å²) < 4.78 is 0. The molecule has 1 aliphatic rings. The van der Waals surface area contributed by atoms with Crippen LogP contribution < -0.4 is 5.32 Å². The van der Waals surface area contributed by atoms with Gasteiger partial charge in [-0.2, -0.15) is 0 Å². The third-order valence-electron chi connectivity index (χ3n) is 4.40. The number of anilines is 1. The quantitative estimate of drug-likeness (QED) is 0.901. The Balaban J connectivity index is 1.94. The van der Waals surface area contributed by atoms with Gasteiger partial charge in [-0.15, -0.1) is 0 Å². The number of pyridine rings is 1. The van der Waals surface area contributed by atoms with E-state index in [1.807, 2.05) is 31.9 Å². The molecule has 1 N–H and O–H groups in total. The van der Waals surface area contributed by atoms with Gasteiger partial charge >= 0.3 is 0 Å². The fraction of sp³-hybridized carbons (Fsp3) is 0.684. The van der Waals surface area contributed by atoms with Crippen molar-refractivity contribution >= 4 is 11.7 Å². The molecule has 1 saturated heterocycles. The van der Waals surface area contributed by atoms with Crippen LogP contribution in [0.1, 0.15) is 59.9 Å². The largest absolute Gasteiger partial charge is 0.367 e. The second-order valence-corrected chi connectivity index (χ2v) is 8.64. The van der Waals surface area contributed by atoms with Gasteiger partial charge in [-0.1, -0.05) is 41.5 Å². The van der Waals surface area contributed by atoms with Crippen molar-refractivity contribution in [2.75, 3.05) is 18.4 Å². The lowest BCUT2D eigenvalue weighted by Crippen LogP contribution is -2.46. The van der Waals surface area contributed by atoms with Crippen LogP contribution in [-0.2, 0) is 10.2 Å². The number of likely N-dealkylation sites (tertiary alicyclic amines) is 1. The summed E-state index contributed by atoms with van der Waals surface area (Å²) in [6, 6.07) is 4.62. The maximum atomic E-state index is 12.3. The molecule has 1 aromatic rings. The van der Waals surface area contributed by atoms with Gasteiger partial charge in [0.2, 0.25) is 5.91 Å². The lowest BCUT2D eigenvalue weighted by molar-refractivity contribution is -0.140. The number of piperidine rings is 1. The van der Waals surface area contributed by atoms with E-state index in [1.165, 1.54) is 5.56 Å². The van der Waals surface area contributed by atoms with Gasteiger partial charge in [0.1, 0.15) is 5.82 Å². The highest BCUT2D eigenvalue weighted by molar-refractivity contribution is 5.81. The van der Waals surface area contributed by atoms with Gasteiger partial charge in [0.05, 0.1) is 0 Å². The van der Waals surface area contributed by atoms with Crippen LogP contribution in [0.15, 0.2) is 18.3 Å². The molecule has 2 rings (SSSR count). The average molecular weight is 317 g/mol. The third-order valence-corrected chi connectivity index (χ3v) is 4.40. The standard InChI is InChI=1S/C19H31N3O/c1-18(2,3)14-7-10-20-16(13-14)21-15-8-11-22(12-9-15)17(23)19(4,5)6/h7,10,13,15H,8-9,11-12H2,1-6H3,(H,20,21). The van der Waals surface area contributed by atoms with Gasteiger partial charge in [0.25, 0.3) is 0 Å². The molecule has 2 heterocycles. The van der Waals surface area contributed by atoms with Crippen molar-refractivity contribution in [2.45, 2.75) is 65.8 Å². The lowest BCUT2D eigenvalue weighted by atomic mass is 9.88. The van der Waals surface area contributed by atoms with Gasteiger partial charge in [0, 0.05) is 30.7 Å². The highest BCUT2D eigenvalue weighted by atomic mass is 16.2. The maximum Gasteiger partial charge on any atom is 0.227 e. The predicted octanol–water partition coefficient (Wildman–Crippen LogP) is 3.83. The molecular weight excluding hydrogens is 286 g/mol. The summed E-state index contributed by atoms with van der Waals surface area (Å²) in [5, 5.41) is 3.54. The predicted molar refractivity (Wildman–Crippen MR) is 95.6 cm³/mol. The average Bonchev–Trinajstić information content (AvgIpc) is 2.46. The van der Waals surface area contributed by atoms with E-state index in [9.17, 15) is 4.79 Å². The van der Waals surface area contributed by atoms with Crippen LogP contribution in [0.4, 0.5) is 5.82 Å². The molecule has 0 aromatic carbocycles. The first kappa shape index (κ1) is 17.8. The van der Waals surface area contributed by atoms with Gasteiger partial charge in [-0.05, 0) is 36.0 Å². The van der Waals surface area contributed by atoms with E-state index in [-0.39, 0.29) is 16.7 Å². The Bertz CT molecular complexity index is 546. The molecule has 23 heavy (non-hydrogen) atoms. The minimum Gasteiger partial charge on any atom is -0.367 e. The zero-order valence-corrected chi connectivity index (χ0v) is 15.4. The van der Waals surface area contributed by atoms with Crippen molar-refractivity contribution in [3.05, 3.63) is 23.9 Å². The molecule has 0 aliphatic carbocycles. The topological polar surface area (TPSA) is 45.2 Å². The highest BCUT2D eigenvalue weighted by Crippen LogP contribution is 2.25. The second kappa shape index (κ2) is 6.50. The summed E-state index contributed by atoms with van der Waals surface area (Å²) >= 11 is 0. The molecule has 0 radical (unpaired) electrons. The zero-order valence-electron chi connectivity index (χ0n) is 15.4. The second-order valence-electron chi connectivity index (χ2n) is 8.64. The van der Waals surface area contributed by atoms with E-state index in [2.05, 4.69) is 43.2 Å². The number of carbonyl (C=O) groups excluding carboxylic acids is 1. The number of carbonyl (C=O) groups is 1. The van der Waals surface area contributed by atoms with Crippen LogP contribution in [0.2, 0.25) is 0 Å². The van der Waals surface area contributed by atoms with Crippen molar-refractivity contribution in [3.8, 4) is 0 Å². The Morgan fingerprint density at radius 2 is 1.78 bits per heavy atom. The van der Waals surface area contributed by atoms with E-state index >= 15 is 0 Å².